The minimum Gasteiger partial charge on any atom is -0.354 e. The van der Waals surface area contributed by atoms with Crippen molar-refractivity contribution in [1.29, 1.82) is 0 Å². The molecule has 0 spiro atoms. The van der Waals surface area contributed by atoms with E-state index in [2.05, 4.69) is 28.8 Å². The van der Waals surface area contributed by atoms with E-state index >= 15 is 0 Å². The van der Waals surface area contributed by atoms with Crippen molar-refractivity contribution in [2.75, 3.05) is 6.54 Å². The van der Waals surface area contributed by atoms with Gasteiger partial charge in [0.25, 0.3) is 0 Å². The normalized spacial score (nSPS) is 14.4. The lowest BCUT2D eigenvalue weighted by Gasteiger charge is -2.18. The first-order chi connectivity index (χ1) is 8.65. The molecule has 0 saturated heterocycles. The number of aryl methyl sites for hydroxylation is 1. The summed E-state index contributed by atoms with van der Waals surface area (Å²) in [6, 6.07) is 6.83. The Hall–Kier alpha value is -1.35. The average molecular weight is 246 g/mol. The van der Waals surface area contributed by atoms with Gasteiger partial charge >= 0.3 is 0 Å². The number of rotatable bonds is 4. The van der Waals surface area contributed by atoms with Crippen molar-refractivity contribution in [3.05, 3.63) is 34.9 Å². The number of hydrogen-bond donors (Lipinski definition) is 2. The molecule has 3 nitrogen and oxygen atoms in total. The van der Waals surface area contributed by atoms with Gasteiger partial charge < -0.3 is 10.6 Å². The van der Waals surface area contributed by atoms with E-state index in [4.69, 9.17) is 0 Å². The van der Waals surface area contributed by atoms with Crippen LogP contribution in [-0.2, 0) is 24.2 Å². The molecule has 2 N–H and O–H groups in total. The molecule has 0 fully saturated rings. The van der Waals surface area contributed by atoms with E-state index in [-0.39, 0.29) is 11.9 Å². The Kier molecular flexibility index (Phi) is 4.37. The summed E-state index contributed by atoms with van der Waals surface area (Å²) in [5.41, 5.74) is 4.11. The minimum atomic E-state index is 0.143. The van der Waals surface area contributed by atoms with Gasteiger partial charge in [-0.1, -0.05) is 18.2 Å². The number of carbonyl (C=O) groups is 1. The Balaban J connectivity index is 1.92. The molecule has 0 bridgehead atoms. The summed E-state index contributed by atoms with van der Waals surface area (Å²) in [6.45, 7) is 6.02. The molecule has 0 aliphatic carbocycles. The first-order valence-electron chi connectivity index (χ1n) is 6.76. The second-order valence-corrected chi connectivity index (χ2v) is 5.25. The van der Waals surface area contributed by atoms with Gasteiger partial charge in [-0.05, 0) is 49.9 Å². The third-order valence-electron chi connectivity index (χ3n) is 3.25. The molecule has 2 rings (SSSR count). The molecule has 1 aromatic rings. The van der Waals surface area contributed by atoms with Crippen LogP contribution in [0.4, 0.5) is 0 Å². The van der Waals surface area contributed by atoms with Crippen molar-refractivity contribution in [3.63, 3.8) is 0 Å². The zero-order valence-electron chi connectivity index (χ0n) is 11.3. The monoisotopic (exact) mass is 246 g/mol. The molecule has 0 saturated carbocycles. The van der Waals surface area contributed by atoms with Crippen molar-refractivity contribution in [2.24, 2.45) is 0 Å². The smallest absolute Gasteiger partial charge is 0.220 e. The summed E-state index contributed by atoms with van der Waals surface area (Å²) in [7, 11) is 0. The summed E-state index contributed by atoms with van der Waals surface area (Å²) in [4.78, 5) is 11.6. The fraction of sp³-hybridized carbons (Fsp3) is 0.533. The molecule has 18 heavy (non-hydrogen) atoms. The number of hydrogen-bond acceptors (Lipinski definition) is 2. The molecule has 3 heteroatoms. The van der Waals surface area contributed by atoms with Crippen molar-refractivity contribution in [2.45, 2.75) is 45.7 Å². The standard InChI is InChI=1S/C15H22N2O/c1-11(2)17-15(18)6-4-12-3-5-14-10-16-8-7-13(14)9-12/h3,5,9,11,16H,4,6-8,10H2,1-2H3,(H,17,18). The highest BCUT2D eigenvalue weighted by Gasteiger charge is 2.09. The number of nitrogens with one attached hydrogen (secondary N) is 2. The maximum Gasteiger partial charge on any atom is 0.220 e. The van der Waals surface area contributed by atoms with Gasteiger partial charge in [0, 0.05) is 19.0 Å². The quantitative estimate of drug-likeness (QED) is 0.850. The lowest BCUT2D eigenvalue weighted by Crippen LogP contribution is -2.30. The second kappa shape index (κ2) is 6.01. The largest absolute Gasteiger partial charge is 0.354 e. The van der Waals surface area contributed by atoms with Crippen LogP contribution in [0.15, 0.2) is 18.2 Å². The van der Waals surface area contributed by atoms with E-state index in [1.165, 1.54) is 16.7 Å². The number of amides is 1. The van der Waals surface area contributed by atoms with Crippen LogP contribution in [0.1, 0.15) is 37.0 Å². The van der Waals surface area contributed by atoms with Gasteiger partial charge in [0.1, 0.15) is 0 Å². The van der Waals surface area contributed by atoms with Crippen LogP contribution in [0, 0.1) is 0 Å². The van der Waals surface area contributed by atoms with Gasteiger partial charge in [-0.25, -0.2) is 0 Å². The third-order valence-corrected chi connectivity index (χ3v) is 3.25. The molecule has 1 aliphatic rings. The highest BCUT2D eigenvalue weighted by atomic mass is 16.1. The van der Waals surface area contributed by atoms with Gasteiger partial charge in [0.2, 0.25) is 5.91 Å². The molecule has 0 unspecified atom stereocenters. The molecule has 0 atom stereocenters. The van der Waals surface area contributed by atoms with Crippen LogP contribution < -0.4 is 10.6 Å². The maximum absolute atomic E-state index is 11.6. The Morgan fingerprint density at radius 3 is 3.00 bits per heavy atom. The zero-order chi connectivity index (χ0) is 13.0. The highest BCUT2D eigenvalue weighted by molar-refractivity contribution is 5.76. The molecule has 0 radical (unpaired) electrons. The summed E-state index contributed by atoms with van der Waals surface area (Å²) in [5.74, 6) is 0.143. The second-order valence-electron chi connectivity index (χ2n) is 5.25. The van der Waals surface area contributed by atoms with E-state index in [9.17, 15) is 4.79 Å². The Morgan fingerprint density at radius 2 is 2.22 bits per heavy atom. The molecule has 1 aliphatic heterocycles. The minimum absolute atomic E-state index is 0.143. The average Bonchev–Trinajstić information content (AvgIpc) is 2.35. The fourth-order valence-corrected chi connectivity index (χ4v) is 2.34. The topological polar surface area (TPSA) is 41.1 Å². The highest BCUT2D eigenvalue weighted by Crippen LogP contribution is 2.16. The van der Waals surface area contributed by atoms with Crippen LogP contribution in [0.5, 0.6) is 0 Å². The molecule has 1 amide bonds. The van der Waals surface area contributed by atoms with Gasteiger partial charge in [-0.2, -0.15) is 0 Å². The predicted octanol–water partition coefficient (Wildman–Crippen LogP) is 1.79. The van der Waals surface area contributed by atoms with Crippen molar-refractivity contribution in [3.8, 4) is 0 Å². The lowest BCUT2D eigenvalue weighted by atomic mass is 9.97. The SMILES string of the molecule is CC(C)NC(=O)CCc1ccc2c(c1)CCNC2. The zero-order valence-corrected chi connectivity index (χ0v) is 11.3. The molecule has 1 aromatic carbocycles. The van der Waals surface area contributed by atoms with E-state index in [0.717, 1.165) is 25.9 Å². The molecule has 0 aromatic heterocycles. The summed E-state index contributed by atoms with van der Waals surface area (Å²) < 4.78 is 0. The number of carbonyl (C=O) groups excluding carboxylic acids is 1. The van der Waals surface area contributed by atoms with Gasteiger partial charge in [-0.15, -0.1) is 0 Å². The fourth-order valence-electron chi connectivity index (χ4n) is 2.34. The van der Waals surface area contributed by atoms with Crippen molar-refractivity contribution < 1.29 is 4.79 Å². The predicted molar refractivity (Wildman–Crippen MR) is 73.5 cm³/mol. The van der Waals surface area contributed by atoms with Crippen LogP contribution in [0.25, 0.3) is 0 Å². The van der Waals surface area contributed by atoms with Crippen LogP contribution in [0.2, 0.25) is 0 Å². The summed E-state index contributed by atoms with van der Waals surface area (Å²) in [5, 5.41) is 6.29. The lowest BCUT2D eigenvalue weighted by molar-refractivity contribution is -0.121. The van der Waals surface area contributed by atoms with Gasteiger partial charge in [0.05, 0.1) is 0 Å². The molecule has 1 heterocycles. The first kappa shape index (κ1) is 13.1. The Labute approximate surface area is 109 Å². The number of fused-ring (bicyclic) bond motifs is 1. The van der Waals surface area contributed by atoms with Gasteiger partial charge in [-0.3, -0.25) is 4.79 Å². The third kappa shape index (κ3) is 3.57. The van der Waals surface area contributed by atoms with Gasteiger partial charge in [0.15, 0.2) is 0 Å². The van der Waals surface area contributed by atoms with E-state index in [0.29, 0.717) is 6.42 Å². The summed E-state index contributed by atoms with van der Waals surface area (Å²) >= 11 is 0. The molecular formula is C15H22N2O. The first-order valence-corrected chi connectivity index (χ1v) is 6.76. The van der Waals surface area contributed by atoms with Crippen molar-refractivity contribution >= 4 is 5.91 Å². The summed E-state index contributed by atoms with van der Waals surface area (Å²) in [6.07, 6.45) is 2.51. The van der Waals surface area contributed by atoms with Crippen molar-refractivity contribution in [1.82, 2.24) is 10.6 Å². The van der Waals surface area contributed by atoms with Crippen LogP contribution in [-0.4, -0.2) is 18.5 Å². The van der Waals surface area contributed by atoms with E-state index < -0.39 is 0 Å². The molecular weight excluding hydrogens is 224 g/mol. The van der Waals surface area contributed by atoms with E-state index in [1.54, 1.807) is 0 Å². The van der Waals surface area contributed by atoms with E-state index in [1.807, 2.05) is 13.8 Å². The Bertz CT molecular complexity index is 427. The Morgan fingerprint density at radius 1 is 1.39 bits per heavy atom. The van der Waals surface area contributed by atoms with Crippen LogP contribution >= 0.6 is 0 Å². The van der Waals surface area contributed by atoms with Crippen LogP contribution in [0.3, 0.4) is 0 Å². The number of benzene rings is 1. The molecule has 98 valence electrons. The maximum atomic E-state index is 11.6.